The molecule has 1 aromatic rings. The Kier molecular flexibility index (Phi) is 10.5. The van der Waals surface area contributed by atoms with Gasteiger partial charge in [-0.1, -0.05) is 43.0 Å². The SMILES string of the molecule is S=C(S)OCCSCc1ccccc1.[NaH]. The molecule has 0 saturated carbocycles. The van der Waals surface area contributed by atoms with Crippen LogP contribution in [0.25, 0.3) is 0 Å². The van der Waals surface area contributed by atoms with E-state index in [2.05, 4.69) is 49.1 Å². The second kappa shape index (κ2) is 10.00. The summed E-state index contributed by atoms with van der Waals surface area (Å²) in [6.07, 6.45) is 0. The number of hydrogen-bond acceptors (Lipinski definition) is 3. The Morgan fingerprint density at radius 3 is 2.60 bits per heavy atom. The molecule has 1 aromatic carbocycles. The first kappa shape index (κ1) is 15.8. The zero-order valence-corrected chi connectivity index (χ0v) is 10.2. The molecule has 0 N–H and O–H groups in total. The number of thiol groups is 1. The Labute approximate surface area is 128 Å². The van der Waals surface area contributed by atoms with Crippen LogP contribution in [-0.2, 0) is 10.5 Å². The predicted molar refractivity (Wildman–Crippen MR) is 77.3 cm³/mol. The van der Waals surface area contributed by atoms with E-state index in [1.165, 1.54) is 5.56 Å². The summed E-state index contributed by atoms with van der Waals surface area (Å²) in [5, 5.41) is 0. The van der Waals surface area contributed by atoms with E-state index in [9.17, 15) is 0 Å². The van der Waals surface area contributed by atoms with Gasteiger partial charge in [-0.2, -0.15) is 11.8 Å². The molecular weight excluding hydrogens is 255 g/mol. The van der Waals surface area contributed by atoms with Crippen LogP contribution in [0.2, 0.25) is 0 Å². The van der Waals surface area contributed by atoms with Crippen molar-refractivity contribution in [3.8, 4) is 0 Å². The zero-order chi connectivity index (χ0) is 10.2. The van der Waals surface area contributed by atoms with Crippen molar-refractivity contribution < 1.29 is 4.74 Å². The van der Waals surface area contributed by atoms with Crippen molar-refractivity contribution in [3.05, 3.63) is 35.9 Å². The minimum absolute atomic E-state index is 0. The molecule has 0 aliphatic rings. The average molecular weight is 268 g/mol. The molecular formula is C10H13NaOS3. The van der Waals surface area contributed by atoms with E-state index < -0.39 is 0 Å². The van der Waals surface area contributed by atoms with Gasteiger partial charge >= 0.3 is 29.6 Å². The summed E-state index contributed by atoms with van der Waals surface area (Å²) in [5.74, 6) is 1.96. The fourth-order valence-electron chi connectivity index (χ4n) is 0.952. The molecule has 5 heteroatoms. The van der Waals surface area contributed by atoms with Crippen LogP contribution >= 0.6 is 36.6 Å². The number of ether oxygens (including phenoxy) is 1. The number of rotatable bonds is 5. The first-order valence-corrected chi connectivity index (χ1v) is 6.27. The Hall–Kier alpha value is 0.810. The average Bonchev–Trinajstić information content (AvgIpc) is 2.18. The number of benzene rings is 1. The second-order valence-corrected chi connectivity index (χ2v) is 4.84. The van der Waals surface area contributed by atoms with Gasteiger partial charge in [-0.25, -0.2) is 0 Å². The van der Waals surface area contributed by atoms with Gasteiger partial charge in [0, 0.05) is 11.5 Å². The van der Waals surface area contributed by atoms with Crippen molar-refractivity contribution in [2.24, 2.45) is 0 Å². The second-order valence-electron chi connectivity index (χ2n) is 2.65. The van der Waals surface area contributed by atoms with E-state index in [1.54, 1.807) is 0 Å². The normalized spacial score (nSPS) is 9.13. The van der Waals surface area contributed by atoms with Crippen molar-refractivity contribution >= 4 is 70.5 Å². The molecule has 0 fully saturated rings. The first-order chi connectivity index (χ1) is 6.79. The molecule has 1 nitrogen and oxygen atoms in total. The molecule has 0 atom stereocenters. The molecule has 0 aliphatic heterocycles. The monoisotopic (exact) mass is 268 g/mol. The van der Waals surface area contributed by atoms with E-state index >= 15 is 0 Å². The molecule has 0 radical (unpaired) electrons. The van der Waals surface area contributed by atoms with E-state index in [-0.39, 0.29) is 29.6 Å². The molecule has 0 amide bonds. The standard InChI is InChI=1S/C10H12OS3.Na.H/c12-10(13)11-6-7-14-8-9-4-2-1-3-5-9;;/h1-5H,6-8H2,(H,12,13);;. The third-order valence-electron chi connectivity index (χ3n) is 1.56. The van der Waals surface area contributed by atoms with Crippen molar-refractivity contribution in [2.75, 3.05) is 12.4 Å². The van der Waals surface area contributed by atoms with Gasteiger partial charge in [0.05, 0.1) is 6.61 Å². The molecule has 0 bridgehead atoms. The van der Waals surface area contributed by atoms with Crippen LogP contribution in [-0.4, -0.2) is 46.3 Å². The Balaban J connectivity index is 0.00000196. The van der Waals surface area contributed by atoms with Gasteiger partial charge in [0.25, 0.3) is 0 Å². The van der Waals surface area contributed by atoms with Crippen LogP contribution in [0.5, 0.6) is 0 Å². The summed E-state index contributed by atoms with van der Waals surface area (Å²) < 4.78 is 5.38. The van der Waals surface area contributed by atoms with Crippen LogP contribution < -0.4 is 0 Å². The summed E-state index contributed by atoms with van der Waals surface area (Å²) in [6.45, 7) is 0.639. The maximum absolute atomic E-state index is 5.05. The van der Waals surface area contributed by atoms with Crippen molar-refractivity contribution in [2.45, 2.75) is 5.75 Å². The van der Waals surface area contributed by atoms with E-state index in [1.807, 2.05) is 17.8 Å². The van der Waals surface area contributed by atoms with Gasteiger partial charge in [-0.3, -0.25) is 0 Å². The van der Waals surface area contributed by atoms with Gasteiger partial charge in [0.2, 0.25) is 4.38 Å². The summed E-state index contributed by atoms with van der Waals surface area (Å²) >= 11 is 10.4. The summed E-state index contributed by atoms with van der Waals surface area (Å²) in [4.78, 5) is 0. The summed E-state index contributed by atoms with van der Waals surface area (Å²) in [7, 11) is 0. The molecule has 0 spiro atoms. The minimum atomic E-state index is 0. The zero-order valence-electron chi connectivity index (χ0n) is 7.68. The molecule has 0 saturated heterocycles. The molecule has 0 aliphatic carbocycles. The third kappa shape index (κ3) is 8.60. The maximum atomic E-state index is 5.05. The number of thiocarbonyl (C=S) groups is 1. The summed E-state index contributed by atoms with van der Waals surface area (Å²) in [5.41, 5.74) is 1.34. The van der Waals surface area contributed by atoms with Crippen LogP contribution in [0.15, 0.2) is 30.3 Å². The van der Waals surface area contributed by atoms with Gasteiger partial charge in [-0.05, 0) is 17.8 Å². The summed E-state index contributed by atoms with van der Waals surface area (Å²) in [6, 6.07) is 10.4. The topological polar surface area (TPSA) is 9.23 Å². The molecule has 15 heavy (non-hydrogen) atoms. The molecule has 0 aromatic heterocycles. The van der Waals surface area contributed by atoms with Gasteiger partial charge < -0.3 is 4.74 Å². The van der Waals surface area contributed by atoms with Gasteiger partial charge in [0.1, 0.15) is 0 Å². The van der Waals surface area contributed by atoms with Crippen LogP contribution in [0.3, 0.4) is 0 Å². The molecule has 0 heterocycles. The van der Waals surface area contributed by atoms with Gasteiger partial charge in [-0.15, -0.1) is 0 Å². The van der Waals surface area contributed by atoms with Crippen LogP contribution in [0.1, 0.15) is 5.56 Å². The molecule has 1 rings (SSSR count). The van der Waals surface area contributed by atoms with E-state index in [0.29, 0.717) is 11.0 Å². The molecule has 0 unspecified atom stereocenters. The van der Waals surface area contributed by atoms with E-state index in [4.69, 9.17) is 4.74 Å². The third-order valence-corrected chi connectivity index (χ3v) is 2.80. The van der Waals surface area contributed by atoms with Crippen LogP contribution in [0, 0.1) is 0 Å². The fourth-order valence-corrected chi connectivity index (χ4v) is 1.90. The fraction of sp³-hybridized carbons (Fsp3) is 0.300. The first-order valence-electron chi connectivity index (χ1n) is 4.26. The number of hydrogen-bond donors (Lipinski definition) is 1. The Morgan fingerprint density at radius 2 is 2.00 bits per heavy atom. The van der Waals surface area contributed by atoms with Crippen LogP contribution in [0.4, 0.5) is 0 Å². The van der Waals surface area contributed by atoms with E-state index in [0.717, 1.165) is 11.5 Å². The van der Waals surface area contributed by atoms with Gasteiger partial charge in [0.15, 0.2) is 0 Å². The number of thioether (sulfide) groups is 1. The quantitative estimate of drug-likeness (QED) is 0.380. The Bertz CT molecular complexity index is 279. The van der Waals surface area contributed by atoms with Crippen molar-refractivity contribution in [1.29, 1.82) is 0 Å². The molecule has 78 valence electrons. The predicted octanol–water partition coefficient (Wildman–Crippen LogP) is 2.50. The Morgan fingerprint density at radius 1 is 1.33 bits per heavy atom. The van der Waals surface area contributed by atoms with Crippen molar-refractivity contribution in [1.82, 2.24) is 0 Å². The van der Waals surface area contributed by atoms with Crippen molar-refractivity contribution in [3.63, 3.8) is 0 Å².